The number of hydrogen-bond donors (Lipinski definition) is 2. The number of halogens is 3. The molecule has 1 aromatic carbocycles. The molecular weight excluding hydrogens is 357 g/mol. The van der Waals surface area contributed by atoms with E-state index in [9.17, 15) is 4.39 Å². The molecule has 0 saturated carbocycles. The first-order valence-electron chi connectivity index (χ1n) is 4.72. The Morgan fingerprint density at radius 3 is 2.65 bits per heavy atom. The summed E-state index contributed by atoms with van der Waals surface area (Å²) in [5.74, 6) is -0.312. The first kappa shape index (κ1) is 12.4. The second-order valence-electron chi connectivity index (χ2n) is 3.35. The molecule has 2 rings (SSSR count). The molecule has 1 heterocycles. The maximum Gasteiger partial charge on any atom is 0.183 e. The van der Waals surface area contributed by atoms with Crippen molar-refractivity contribution in [2.75, 3.05) is 5.32 Å². The molecule has 0 aliphatic rings. The van der Waals surface area contributed by atoms with Gasteiger partial charge in [-0.15, -0.1) is 0 Å². The van der Waals surface area contributed by atoms with Gasteiger partial charge < -0.3 is 14.8 Å². The number of rotatable bonds is 3. The average Bonchev–Trinajstić information content (AvgIpc) is 2.60. The molecule has 2 N–H and O–H groups in total. The summed E-state index contributed by atoms with van der Waals surface area (Å²) < 4.78 is 19.8. The number of hydrogen-bond acceptors (Lipinski definition) is 3. The highest BCUT2D eigenvalue weighted by atomic mass is 79.9. The van der Waals surface area contributed by atoms with E-state index in [-0.39, 0.29) is 5.75 Å². The molecule has 0 atom stereocenters. The van der Waals surface area contributed by atoms with E-state index >= 15 is 0 Å². The zero-order chi connectivity index (χ0) is 12.4. The highest BCUT2D eigenvalue weighted by molar-refractivity contribution is 9.13. The van der Waals surface area contributed by atoms with Gasteiger partial charge in [-0.3, -0.25) is 0 Å². The van der Waals surface area contributed by atoms with Crippen LogP contribution in [0.5, 0.6) is 5.75 Å². The molecule has 0 unspecified atom stereocenters. The van der Waals surface area contributed by atoms with E-state index < -0.39 is 5.82 Å². The van der Waals surface area contributed by atoms with Crippen molar-refractivity contribution in [1.82, 2.24) is 0 Å². The summed E-state index contributed by atoms with van der Waals surface area (Å²) in [6.45, 7) is 0.425. The van der Waals surface area contributed by atoms with E-state index in [4.69, 9.17) is 9.52 Å². The second kappa shape index (κ2) is 5.10. The fourth-order valence-corrected chi connectivity index (χ4v) is 1.94. The van der Waals surface area contributed by atoms with Crippen LogP contribution in [0, 0.1) is 5.82 Å². The Balaban J connectivity index is 2.04. The van der Waals surface area contributed by atoms with Crippen LogP contribution in [0.15, 0.2) is 37.8 Å². The van der Waals surface area contributed by atoms with E-state index in [1.807, 2.05) is 6.07 Å². The quantitative estimate of drug-likeness (QED) is 0.800. The van der Waals surface area contributed by atoms with E-state index in [0.29, 0.717) is 22.7 Å². The van der Waals surface area contributed by atoms with Gasteiger partial charge in [-0.25, -0.2) is 4.39 Å². The van der Waals surface area contributed by atoms with Crippen LogP contribution in [0.1, 0.15) is 5.76 Å². The number of phenols is 1. The van der Waals surface area contributed by atoms with Crippen LogP contribution in [0.25, 0.3) is 0 Å². The normalized spacial score (nSPS) is 10.5. The van der Waals surface area contributed by atoms with Crippen LogP contribution < -0.4 is 5.32 Å². The van der Waals surface area contributed by atoms with Crippen molar-refractivity contribution in [2.45, 2.75) is 6.54 Å². The summed E-state index contributed by atoms with van der Waals surface area (Å²) in [5.41, 5.74) is 0.573. The van der Waals surface area contributed by atoms with E-state index in [1.54, 1.807) is 6.07 Å². The molecule has 0 bridgehead atoms. The maximum atomic E-state index is 13.0. The summed E-state index contributed by atoms with van der Waals surface area (Å²) in [5, 5.41) is 12.0. The Morgan fingerprint density at radius 1 is 1.29 bits per heavy atom. The summed E-state index contributed by atoms with van der Waals surface area (Å²) in [4.78, 5) is 0. The van der Waals surface area contributed by atoms with Gasteiger partial charge in [0.2, 0.25) is 0 Å². The van der Waals surface area contributed by atoms with Crippen LogP contribution >= 0.6 is 31.9 Å². The lowest BCUT2D eigenvalue weighted by Gasteiger charge is -2.04. The van der Waals surface area contributed by atoms with Gasteiger partial charge in [-0.05, 0) is 50.1 Å². The number of anilines is 1. The molecule has 0 fully saturated rings. The SMILES string of the molecule is Oc1ccc(NCc2cc(Br)c(Br)o2)cc1F. The van der Waals surface area contributed by atoms with Gasteiger partial charge in [0, 0.05) is 11.8 Å². The van der Waals surface area contributed by atoms with Crippen molar-refractivity contribution in [2.24, 2.45) is 0 Å². The molecule has 0 spiro atoms. The molecule has 0 aliphatic heterocycles. The zero-order valence-corrected chi connectivity index (χ0v) is 11.7. The average molecular weight is 365 g/mol. The molecule has 17 heavy (non-hydrogen) atoms. The molecule has 2 aromatic rings. The maximum absolute atomic E-state index is 13.0. The molecule has 3 nitrogen and oxygen atoms in total. The van der Waals surface area contributed by atoms with Gasteiger partial charge >= 0.3 is 0 Å². The fraction of sp³-hybridized carbons (Fsp3) is 0.0909. The van der Waals surface area contributed by atoms with Gasteiger partial charge in [0.15, 0.2) is 16.2 Å². The molecule has 0 radical (unpaired) electrons. The summed E-state index contributed by atoms with van der Waals surface area (Å²) in [7, 11) is 0. The van der Waals surface area contributed by atoms with Crippen LogP contribution in [0.3, 0.4) is 0 Å². The van der Waals surface area contributed by atoms with Crippen molar-refractivity contribution in [3.05, 3.63) is 45.0 Å². The number of aromatic hydroxyl groups is 1. The highest BCUT2D eigenvalue weighted by Crippen LogP contribution is 2.27. The number of nitrogens with one attached hydrogen (secondary N) is 1. The minimum atomic E-state index is -0.656. The van der Waals surface area contributed by atoms with Gasteiger partial charge in [-0.1, -0.05) is 0 Å². The first-order chi connectivity index (χ1) is 8.06. The van der Waals surface area contributed by atoms with Gasteiger partial charge in [0.25, 0.3) is 0 Å². The van der Waals surface area contributed by atoms with Crippen molar-refractivity contribution >= 4 is 37.5 Å². The number of phenolic OH excluding ortho intramolecular Hbond substituents is 1. The molecule has 1 aromatic heterocycles. The van der Waals surface area contributed by atoms with E-state index in [1.165, 1.54) is 12.1 Å². The Morgan fingerprint density at radius 2 is 2.06 bits per heavy atom. The fourth-order valence-electron chi connectivity index (χ4n) is 1.28. The third-order valence-corrected chi connectivity index (χ3v) is 3.82. The lowest BCUT2D eigenvalue weighted by molar-refractivity contribution is 0.432. The Labute approximate surface area is 114 Å². The van der Waals surface area contributed by atoms with Crippen molar-refractivity contribution in [1.29, 1.82) is 0 Å². The third-order valence-electron chi connectivity index (χ3n) is 2.11. The summed E-state index contributed by atoms with van der Waals surface area (Å²) in [6, 6.07) is 5.92. The Bertz CT molecular complexity index is 523. The minimum Gasteiger partial charge on any atom is -0.505 e. The lowest BCUT2D eigenvalue weighted by atomic mass is 10.3. The van der Waals surface area contributed by atoms with Crippen molar-refractivity contribution in [3.8, 4) is 5.75 Å². The number of benzene rings is 1. The van der Waals surface area contributed by atoms with Crippen LogP contribution in [-0.2, 0) is 6.54 Å². The highest BCUT2D eigenvalue weighted by Gasteiger charge is 2.06. The van der Waals surface area contributed by atoms with Gasteiger partial charge in [0.05, 0.1) is 11.0 Å². The predicted octanol–water partition coefficient (Wildman–Crippen LogP) is 4.26. The van der Waals surface area contributed by atoms with Crippen LogP contribution in [0.2, 0.25) is 0 Å². The van der Waals surface area contributed by atoms with E-state index in [2.05, 4.69) is 37.2 Å². The molecule has 0 saturated heterocycles. The second-order valence-corrected chi connectivity index (χ2v) is 4.93. The lowest BCUT2D eigenvalue weighted by Crippen LogP contribution is -1.98. The minimum absolute atomic E-state index is 0.362. The molecular formula is C11H8Br2FNO2. The van der Waals surface area contributed by atoms with Crippen molar-refractivity contribution < 1.29 is 13.9 Å². The molecule has 6 heteroatoms. The Hall–Kier alpha value is -1.01. The first-order valence-corrected chi connectivity index (χ1v) is 6.31. The van der Waals surface area contributed by atoms with Crippen LogP contribution in [0.4, 0.5) is 10.1 Å². The van der Waals surface area contributed by atoms with Crippen molar-refractivity contribution in [3.63, 3.8) is 0 Å². The van der Waals surface area contributed by atoms with E-state index in [0.717, 1.165) is 4.47 Å². The topological polar surface area (TPSA) is 45.4 Å². The largest absolute Gasteiger partial charge is 0.505 e. The monoisotopic (exact) mass is 363 g/mol. The predicted molar refractivity (Wildman–Crippen MR) is 69.5 cm³/mol. The standard InChI is InChI=1S/C11H8Br2FNO2/c12-8-4-7(17-11(8)13)5-15-6-1-2-10(16)9(14)3-6/h1-4,15-16H,5H2. The van der Waals surface area contributed by atoms with Crippen LogP contribution in [-0.4, -0.2) is 5.11 Å². The molecule has 90 valence electrons. The third kappa shape index (κ3) is 3.01. The molecule has 0 aliphatic carbocycles. The van der Waals surface area contributed by atoms with Gasteiger partial charge in [-0.2, -0.15) is 0 Å². The summed E-state index contributed by atoms with van der Waals surface area (Å²) >= 11 is 6.53. The summed E-state index contributed by atoms with van der Waals surface area (Å²) in [6.07, 6.45) is 0. The smallest absolute Gasteiger partial charge is 0.183 e. The number of furan rings is 1. The molecule has 0 amide bonds. The Kier molecular flexibility index (Phi) is 3.73. The zero-order valence-electron chi connectivity index (χ0n) is 8.51. The van der Waals surface area contributed by atoms with Gasteiger partial charge in [0.1, 0.15) is 5.76 Å².